The summed E-state index contributed by atoms with van der Waals surface area (Å²) in [5.41, 5.74) is 5.66. The molecule has 0 bridgehead atoms. The molecule has 0 aliphatic carbocycles. The minimum absolute atomic E-state index is 0.0589. The number of nitrogens with two attached hydrogens (primary N) is 1. The van der Waals surface area contributed by atoms with Gasteiger partial charge in [0.25, 0.3) is 0 Å². The Balaban J connectivity index is 3.38. The minimum atomic E-state index is -0.155. The van der Waals surface area contributed by atoms with Gasteiger partial charge in [0.15, 0.2) is 0 Å². The molecule has 2 N–H and O–H groups in total. The van der Waals surface area contributed by atoms with Crippen molar-refractivity contribution in [3.63, 3.8) is 0 Å². The van der Waals surface area contributed by atoms with Gasteiger partial charge in [0.2, 0.25) is 0 Å². The lowest BCUT2D eigenvalue weighted by molar-refractivity contribution is 0.433. The fraction of sp³-hybridized carbons (Fsp3) is 0.917. The van der Waals surface area contributed by atoms with E-state index in [2.05, 4.69) is 19.9 Å². The second kappa shape index (κ2) is 6.40. The zero-order valence-electron chi connectivity index (χ0n) is 10.5. The third-order valence-corrected chi connectivity index (χ3v) is 3.64. The molecule has 0 radical (unpaired) electrons. The summed E-state index contributed by atoms with van der Waals surface area (Å²) < 4.78 is 0. The Labute approximate surface area is 98.6 Å². The molecule has 0 aliphatic rings. The van der Waals surface area contributed by atoms with Crippen molar-refractivity contribution < 1.29 is 0 Å². The molecule has 0 atom stereocenters. The Morgan fingerprint density at radius 3 is 2.27 bits per heavy atom. The summed E-state index contributed by atoms with van der Waals surface area (Å²) in [6, 6.07) is 2.33. The Hall–Kier alpha value is -0.200. The van der Waals surface area contributed by atoms with Crippen LogP contribution in [0.25, 0.3) is 0 Å². The van der Waals surface area contributed by atoms with Gasteiger partial charge >= 0.3 is 0 Å². The van der Waals surface area contributed by atoms with Crippen molar-refractivity contribution in [2.45, 2.75) is 52.5 Å². The van der Waals surface area contributed by atoms with Gasteiger partial charge in [0.05, 0.1) is 11.5 Å². The molecule has 0 amide bonds. The molecule has 0 saturated carbocycles. The van der Waals surface area contributed by atoms with Crippen LogP contribution in [0.3, 0.4) is 0 Å². The largest absolute Gasteiger partial charge is 0.325 e. The standard InChI is InChI=1S/C12H24N2S/c1-11(2,9-13)7-5-6-8-15-10-12(3,4)14/h5-8,10,14H2,1-4H3. The number of nitriles is 1. The molecule has 88 valence electrons. The van der Waals surface area contributed by atoms with Crippen LogP contribution in [0.4, 0.5) is 0 Å². The van der Waals surface area contributed by atoms with Crippen molar-refractivity contribution in [2.75, 3.05) is 11.5 Å². The molecule has 15 heavy (non-hydrogen) atoms. The number of unbranched alkanes of at least 4 members (excludes halogenated alkanes) is 1. The average molecular weight is 228 g/mol. The van der Waals surface area contributed by atoms with Gasteiger partial charge in [0, 0.05) is 11.3 Å². The molecule has 0 unspecified atom stereocenters. The Morgan fingerprint density at radius 2 is 1.80 bits per heavy atom. The first-order chi connectivity index (χ1) is 6.77. The summed E-state index contributed by atoms with van der Waals surface area (Å²) >= 11 is 1.91. The number of nitrogens with zero attached hydrogens (tertiary/aromatic N) is 1. The first-order valence-corrected chi connectivity index (χ1v) is 6.70. The smallest absolute Gasteiger partial charge is 0.0683 e. The molecule has 0 aromatic rings. The number of thioether (sulfide) groups is 1. The molecular weight excluding hydrogens is 204 g/mol. The van der Waals surface area contributed by atoms with E-state index in [4.69, 9.17) is 11.0 Å². The maximum absolute atomic E-state index is 8.83. The van der Waals surface area contributed by atoms with Crippen molar-refractivity contribution >= 4 is 11.8 Å². The van der Waals surface area contributed by atoms with Crippen molar-refractivity contribution in [2.24, 2.45) is 11.1 Å². The van der Waals surface area contributed by atoms with Gasteiger partial charge in [0.1, 0.15) is 0 Å². The topological polar surface area (TPSA) is 49.8 Å². The van der Waals surface area contributed by atoms with Crippen LogP contribution < -0.4 is 5.73 Å². The highest BCUT2D eigenvalue weighted by Gasteiger charge is 2.15. The van der Waals surface area contributed by atoms with Gasteiger partial charge in [-0.25, -0.2) is 0 Å². The molecule has 0 aromatic heterocycles. The molecule has 2 nitrogen and oxygen atoms in total. The summed E-state index contributed by atoms with van der Waals surface area (Å²) in [4.78, 5) is 0. The van der Waals surface area contributed by atoms with E-state index < -0.39 is 0 Å². The third-order valence-electron chi connectivity index (χ3n) is 2.12. The number of hydrogen-bond donors (Lipinski definition) is 1. The summed E-state index contributed by atoms with van der Waals surface area (Å²) in [5, 5.41) is 8.83. The maximum atomic E-state index is 8.83. The van der Waals surface area contributed by atoms with E-state index in [1.54, 1.807) is 0 Å². The monoisotopic (exact) mass is 228 g/mol. The highest BCUT2D eigenvalue weighted by atomic mass is 32.2. The number of rotatable bonds is 7. The van der Waals surface area contributed by atoms with Gasteiger partial charge < -0.3 is 5.73 Å². The quantitative estimate of drug-likeness (QED) is 0.681. The summed E-state index contributed by atoms with van der Waals surface area (Å²) in [6.07, 6.45) is 3.32. The molecule has 0 fully saturated rings. The summed E-state index contributed by atoms with van der Waals surface area (Å²) in [5.74, 6) is 2.16. The van der Waals surface area contributed by atoms with Crippen molar-refractivity contribution in [3.05, 3.63) is 0 Å². The van der Waals surface area contributed by atoms with Crippen LogP contribution in [0.5, 0.6) is 0 Å². The minimum Gasteiger partial charge on any atom is -0.325 e. The third kappa shape index (κ3) is 10.1. The lowest BCUT2D eigenvalue weighted by Gasteiger charge is -2.18. The van der Waals surface area contributed by atoms with Crippen molar-refractivity contribution in [1.29, 1.82) is 5.26 Å². The fourth-order valence-electron chi connectivity index (χ4n) is 1.16. The van der Waals surface area contributed by atoms with Crippen LogP contribution in [-0.4, -0.2) is 17.0 Å². The second-order valence-electron chi connectivity index (χ2n) is 5.49. The van der Waals surface area contributed by atoms with E-state index in [-0.39, 0.29) is 11.0 Å². The maximum Gasteiger partial charge on any atom is 0.0683 e. The van der Waals surface area contributed by atoms with E-state index in [1.807, 2.05) is 25.6 Å². The predicted molar refractivity (Wildman–Crippen MR) is 68.8 cm³/mol. The van der Waals surface area contributed by atoms with Crippen LogP contribution in [0, 0.1) is 16.7 Å². The van der Waals surface area contributed by atoms with Gasteiger partial charge in [-0.05, 0) is 46.3 Å². The van der Waals surface area contributed by atoms with Crippen molar-refractivity contribution in [1.82, 2.24) is 0 Å². The van der Waals surface area contributed by atoms with E-state index in [0.29, 0.717) is 0 Å². The first-order valence-electron chi connectivity index (χ1n) is 5.55. The van der Waals surface area contributed by atoms with E-state index in [9.17, 15) is 0 Å². The average Bonchev–Trinajstić information content (AvgIpc) is 2.09. The molecule has 0 spiro atoms. The van der Waals surface area contributed by atoms with Crippen LogP contribution in [0.15, 0.2) is 0 Å². The van der Waals surface area contributed by atoms with Crippen LogP contribution in [0.2, 0.25) is 0 Å². The highest BCUT2D eigenvalue weighted by molar-refractivity contribution is 7.99. The molecule has 0 saturated heterocycles. The van der Waals surface area contributed by atoms with Gasteiger partial charge in [-0.3, -0.25) is 0 Å². The van der Waals surface area contributed by atoms with Crippen LogP contribution in [-0.2, 0) is 0 Å². The summed E-state index contributed by atoms with van der Waals surface area (Å²) in [7, 11) is 0. The molecular formula is C12H24N2S. The molecule has 3 heteroatoms. The Bertz CT molecular complexity index is 211. The lowest BCUT2D eigenvalue weighted by atomic mass is 9.89. The molecule has 0 rings (SSSR count). The van der Waals surface area contributed by atoms with Crippen LogP contribution >= 0.6 is 11.8 Å². The zero-order valence-corrected chi connectivity index (χ0v) is 11.3. The van der Waals surface area contributed by atoms with Crippen molar-refractivity contribution in [3.8, 4) is 6.07 Å². The second-order valence-corrected chi connectivity index (χ2v) is 6.60. The zero-order chi connectivity index (χ0) is 11.9. The van der Waals surface area contributed by atoms with E-state index >= 15 is 0 Å². The van der Waals surface area contributed by atoms with Gasteiger partial charge in [-0.2, -0.15) is 17.0 Å². The highest BCUT2D eigenvalue weighted by Crippen LogP contribution is 2.22. The predicted octanol–water partition coefficient (Wildman–Crippen LogP) is 3.18. The fourth-order valence-corrected chi connectivity index (χ4v) is 2.24. The van der Waals surface area contributed by atoms with Gasteiger partial charge in [-0.15, -0.1) is 0 Å². The van der Waals surface area contributed by atoms with E-state index in [1.165, 1.54) is 6.42 Å². The molecule has 0 aromatic carbocycles. The van der Waals surface area contributed by atoms with Crippen LogP contribution in [0.1, 0.15) is 47.0 Å². The Morgan fingerprint density at radius 1 is 1.20 bits per heavy atom. The van der Waals surface area contributed by atoms with Gasteiger partial charge in [-0.1, -0.05) is 6.42 Å². The SMILES string of the molecule is CC(C)(N)CSCCCCC(C)(C)C#N. The molecule has 0 aliphatic heterocycles. The molecule has 0 heterocycles. The van der Waals surface area contributed by atoms with E-state index in [0.717, 1.165) is 24.3 Å². The number of hydrogen-bond acceptors (Lipinski definition) is 3. The first kappa shape index (κ1) is 14.8. The Kier molecular flexibility index (Phi) is 6.31. The normalized spacial score (nSPS) is 12.5. The summed E-state index contributed by atoms with van der Waals surface area (Å²) in [6.45, 7) is 8.11. The lowest BCUT2D eigenvalue weighted by Crippen LogP contribution is -2.34.